The van der Waals surface area contributed by atoms with E-state index >= 15 is 0 Å². The van der Waals surface area contributed by atoms with Crippen LogP contribution in [0.25, 0.3) is 17.3 Å². The SMILES string of the molecule is COc1ccccc1-n1c(SCc2nc(C(=O)N3CCN(C(C)=O)CC3)cs2)nnc1-c1ccco1. The molecular weight excluding hydrogens is 500 g/mol. The Morgan fingerprint density at radius 3 is 2.58 bits per heavy atom. The van der Waals surface area contributed by atoms with Gasteiger partial charge in [0.15, 0.2) is 10.9 Å². The van der Waals surface area contributed by atoms with Gasteiger partial charge in [-0.15, -0.1) is 21.5 Å². The maximum atomic E-state index is 12.9. The van der Waals surface area contributed by atoms with Gasteiger partial charge in [-0.2, -0.15) is 0 Å². The first kappa shape index (κ1) is 24.1. The number of benzene rings is 1. The Bertz CT molecular complexity index is 1360. The number of thiazole rings is 1. The Labute approximate surface area is 215 Å². The van der Waals surface area contributed by atoms with Crippen LogP contribution in [-0.4, -0.2) is 74.7 Å². The predicted octanol–water partition coefficient (Wildman–Crippen LogP) is 3.59. The third kappa shape index (κ3) is 4.86. The summed E-state index contributed by atoms with van der Waals surface area (Å²) < 4.78 is 13.1. The molecular formula is C24H24N6O4S2. The molecule has 0 atom stereocenters. The molecule has 1 fully saturated rings. The molecule has 36 heavy (non-hydrogen) atoms. The molecule has 2 amide bonds. The number of piperazine rings is 1. The lowest BCUT2D eigenvalue weighted by Crippen LogP contribution is -2.50. The average molecular weight is 525 g/mol. The minimum atomic E-state index is -0.108. The summed E-state index contributed by atoms with van der Waals surface area (Å²) in [6, 6.07) is 11.3. The van der Waals surface area contributed by atoms with E-state index in [1.54, 1.807) is 41.5 Å². The third-order valence-corrected chi connectivity index (χ3v) is 7.78. The largest absolute Gasteiger partial charge is 0.495 e. The standard InChI is InChI=1S/C24H24N6O4S2/c1-16(31)28-9-11-29(12-10-28)23(32)17-14-35-21(25-17)15-36-24-27-26-22(20-8-5-13-34-20)30(24)18-6-3-4-7-19(18)33-2/h3-8,13-14H,9-12,15H2,1-2H3. The number of thioether (sulfide) groups is 1. The minimum Gasteiger partial charge on any atom is -0.495 e. The smallest absolute Gasteiger partial charge is 0.273 e. The molecule has 0 radical (unpaired) electrons. The van der Waals surface area contributed by atoms with Crippen molar-refractivity contribution in [2.75, 3.05) is 33.3 Å². The molecule has 12 heteroatoms. The van der Waals surface area contributed by atoms with Gasteiger partial charge in [0, 0.05) is 38.5 Å². The van der Waals surface area contributed by atoms with E-state index in [0.717, 1.165) is 10.7 Å². The summed E-state index contributed by atoms with van der Waals surface area (Å²) in [5.74, 6) is 2.27. The van der Waals surface area contributed by atoms with Crippen molar-refractivity contribution in [2.45, 2.75) is 17.8 Å². The summed E-state index contributed by atoms with van der Waals surface area (Å²) in [6.07, 6.45) is 1.59. The zero-order valence-electron chi connectivity index (χ0n) is 19.8. The maximum absolute atomic E-state index is 12.9. The molecule has 0 N–H and O–H groups in total. The summed E-state index contributed by atoms with van der Waals surface area (Å²) in [7, 11) is 1.62. The van der Waals surface area contributed by atoms with Gasteiger partial charge in [0.05, 0.1) is 24.8 Å². The highest BCUT2D eigenvalue weighted by Gasteiger charge is 2.25. The van der Waals surface area contributed by atoms with Crippen molar-refractivity contribution in [3.8, 4) is 23.0 Å². The summed E-state index contributed by atoms with van der Waals surface area (Å²) in [5, 5.41) is 12.0. The molecule has 4 heterocycles. The van der Waals surface area contributed by atoms with Gasteiger partial charge in [0.1, 0.15) is 16.5 Å². The Balaban J connectivity index is 1.33. The predicted molar refractivity (Wildman–Crippen MR) is 135 cm³/mol. The van der Waals surface area contributed by atoms with Gasteiger partial charge < -0.3 is 19.0 Å². The lowest BCUT2D eigenvalue weighted by Gasteiger charge is -2.33. The molecule has 0 saturated carbocycles. The monoisotopic (exact) mass is 524 g/mol. The van der Waals surface area contributed by atoms with Crippen LogP contribution in [0.1, 0.15) is 22.4 Å². The van der Waals surface area contributed by atoms with E-state index in [0.29, 0.717) is 60.1 Å². The van der Waals surface area contributed by atoms with Gasteiger partial charge >= 0.3 is 0 Å². The number of furan rings is 1. The van der Waals surface area contributed by atoms with E-state index in [-0.39, 0.29) is 11.8 Å². The van der Waals surface area contributed by atoms with Crippen molar-refractivity contribution in [1.29, 1.82) is 0 Å². The highest BCUT2D eigenvalue weighted by atomic mass is 32.2. The van der Waals surface area contributed by atoms with Gasteiger partial charge in [-0.3, -0.25) is 14.2 Å². The van der Waals surface area contributed by atoms with Crippen molar-refractivity contribution in [3.63, 3.8) is 0 Å². The fourth-order valence-electron chi connectivity index (χ4n) is 3.95. The van der Waals surface area contributed by atoms with Crippen LogP contribution in [0.5, 0.6) is 5.75 Å². The zero-order chi connectivity index (χ0) is 25.1. The minimum absolute atomic E-state index is 0.0336. The zero-order valence-corrected chi connectivity index (χ0v) is 21.4. The number of rotatable bonds is 7. The van der Waals surface area contributed by atoms with Crippen LogP contribution in [0.3, 0.4) is 0 Å². The molecule has 0 bridgehead atoms. The molecule has 3 aromatic heterocycles. The average Bonchev–Trinajstić information content (AvgIpc) is 3.68. The Morgan fingerprint density at radius 2 is 1.86 bits per heavy atom. The van der Waals surface area contributed by atoms with E-state index in [1.807, 2.05) is 34.9 Å². The van der Waals surface area contributed by atoms with Crippen LogP contribution in [0, 0.1) is 0 Å². The van der Waals surface area contributed by atoms with Gasteiger partial charge in [-0.1, -0.05) is 23.9 Å². The molecule has 0 spiro atoms. The van der Waals surface area contributed by atoms with Gasteiger partial charge in [0.25, 0.3) is 5.91 Å². The normalized spacial score (nSPS) is 13.7. The van der Waals surface area contributed by atoms with Crippen LogP contribution < -0.4 is 4.74 Å². The topological polar surface area (TPSA) is 107 Å². The van der Waals surface area contributed by atoms with Crippen LogP contribution in [-0.2, 0) is 10.5 Å². The highest BCUT2D eigenvalue weighted by molar-refractivity contribution is 7.98. The van der Waals surface area contributed by atoms with E-state index in [2.05, 4.69) is 15.2 Å². The summed E-state index contributed by atoms with van der Waals surface area (Å²) in [4.78, 5) is 32.5. The van der Waals surface area contributed by atoms with E-state index in [1.165, 1.54) is 23.1 Å². The number of carbonyl (C=O) groups is 2. The highest BCUT2D eigenvalue weighted by Crippen LogP contribution is 2.34. The molecule has 1 saturated heterocycles. The number of methoxy groups -OCH3 is 1. The fourth-order valence-corrected chi connectivity index (χ4v) is 5.68. The van der Waals surface area contributed by atoms with Gasteiger partial charge in [0.2, 0.25) is 11.7 Å². The fraction of sp³-hybridized carbons (Fsp3) is 0.292. The first-order valence-electron chi connectivity index (χ1n) is 11.3. The Hall–Kier alpha value is -3.64. The summed E-state index contributed by atoms with van der Waals surface area (Å²) >= 11 is 2.90. The van der Waals surface area contributed by atoms with Crippen LogP contribution in [0.15, 0.2) is 57.6 Å². The molecule has 1 aliphatic rings. The number of hydrogen-bond acceptors (Lipinski definition) is 9. The Morgan fingerprint density at radius 1 is 1.08 bits per heavy atom. The van der Waals surface area contributed by atoms with Crippen molar-refractivity contribution >= 4 is 34.9 Å². The number of aromatic nitrogens is 4. The second-order valence-corrected chi connectivity index (χ2v) is 9.89. The number of amides is 2. The van der Waals surface area contributed by atoms with Crippen molar-refractivity contribution < 1.29 is 18.7 Å². The first-order chi connectivity index (χ1) is 17.5. The number of nitrogens with zero attached hydrogens (tertiary/aromatic N) is 6. The molecule has 0 aliphatic carbocycles. The number of hydrogen-bond donors (Lipinski definition) is 0. The van der Waals surface area contributed by atoms with Crippen LogP contribution in [0.4, 0.5) is 0 Å². The number of ether oxygens (including phenoxy) is 1. The van der Waals surface area contributed by atoms with Crippen molar-refractivity contribution in [1.82, 2.24) is 29.5 Å². The number of carbonyl (C=O) groups excluding carboxylic acids is 2. The van der Waals surface area contributed by atoms with Crippen molar-refractivity contribution in [2.24, 2.45) is 0 Å². The summed E-state index contributed by atoms with van der Waals surface area (Å²) in [6.45, 7) is 3.67. The molecule has 0 unspecified atom stereocenters. The van der Waals surface area contributed by atoms with Gasteiger partial charge in [-0.25, -0.2) is 4.98 Å². The second-order valence-electron chi connectivity index (χ2n) is 8.00. The molecule has 1 aromatic carbocycles. The van der Waals surface area contributed by atoms with Crippen molar-refractivity contribution in [3.05, 3.63) is 58.7 Å². The first-order valence-corrected chi connectivity index (χ1v) is 13.2. The summed E-state index contributed by atoms with van der Waals surface area (Å²) in [5.41, 5.74) is 1.22. The lowest BCUT2D eigenvalue weighted by molar-refractivity contribution is -0.130. The van der Waals surface area contributed by atoms with E-state index < -0.39 is 0 Å². The van der Waals surface area contributed by atoms with Crippen LogP contribution in [0.2, 0.25) is 0 Å². The second kappa shape index (κ2) is 10.5. The molecule has 1 aliphatic heterocycles. The van der Waals surface area contributed by atoms with Gasteiger partial charge in [-0.05, 0) is 24.3 Å². The van der Waals surface area contributed by atoms with E-state index in [4.69, 9.17) is 9.15 Å². The molecule has 5 rings (SSSR count). The number of para-hydroxylation sites is 2. The molecule has 4 aromatic rings. The Kier molecular flexibility index (Phi) is 7.05. The maximum Gasteiger partial charge on any atom is 0.273 e. The quantitative estimate of drug-likeness (QED) is 0.338. The van der Waals surface area contributed by atoms with Crippen LogP contribution >= 0.6 is 23.1 Å². The lowest BCUT2D eigenvalue weighted by atomic mass is 10.3. The molecule has 186 valence electrons. The van der Waals surface area contributed by atoms with E-state index in [9.17, 15) is 9.59 Å². The third-order valence-electron chi connectivity index (χ3n) is 5.81. The molecule has 10 nitrogen and oxygen atoms in total.